The van der Waals surface area contributed by atoms with Crippen LogP contribution in [0, 0.1) is 6.92 Å². The first-order chi connectivity index (χ1) is 11.1. The van der Waals surface area contributed by atoms with Crippen molar-refractivity contribution in [2.75, 3.05) is 12.3 Å². The van der Waals surface area contributed by atoms with Crippen LogP contribution in [0.1, 0.15) is 12.5 Å². The van der Waals surface area contributed by atoms with Crippen molar-refractivity contribution in [3.63, 3.8) is 0 Å². The van der Waals surface area contributed by atoms with Gasteiger partial charge in [-0.1, -0.05) is 30.3 Å². The topological polar surface area (TPSA) is 55.4 Å². The molecule has 5 heteroatoms. The van der Waals surface area contributed by atoms with Crippen molar-refractivity contribution >= 4 is 16.7 Å². The molecule has 0 fully saturated rings. The highest BCUT2D eigenvalue weighted by Gasteiger charge is 2.14. The van der Waals surface area contributed by atoms with Crippen molar-refractivity contribution in [3.8, 4) is 5.75 Å². The van der Waals surface area contributed by atoms with Crippen LogP contribution < -0.4 is 10.1 Å². The van der Waals surface area contributed by atoms with E-state index in [1.807, 2.05) is 61.5 Å². The third kappa shape index (κ3) is 5.53. The van der Waals surface area contributed by atoms with Gasteiger partial charge < -0.3 is 10.1 Å². The number of rotatable bonds is 7. The first kappa shape index (κ1) is 17.2. The van der Waals surface area contributed by atoms with Gasteiger partial charge in [0.2, 0.25) is 0 Å². The van der Waals surface area contributed by atoms with Gasteiger partial charge >= 0.3 is 0 Å². The Kier molecular flexibility index (Phi) is 6.35. The van der Waals surface area contributed by atoms with E-state index < -0.39 is 16.9 Å². The van der Waals surface area contributed by atoms with Crippen molar-refractivity contribution in [3.05, 3.63) is 60.2 Å². The lowest BCUT2D eigenvalue weighted by molar-refractivity contribution is -0.127. The van der Waals surface area contributed by atoms with Crippen molar-refractivity contribution in [1.82, 2.24) is 5.32 Å². The van der Waals surface area contributed by atoms with E-state index in [9.17, 15) is 9.00 Å². The Balaban J connectivity index is 1.77. The summed E-state index contributed by atoms with van der Waals surface area (Å²) in [5.41, 5.74) is 1.08. The maximum Gasteiger partial charge on any atom is 0.260 e. The highest BCUT2D eigenvalue weighted by molar-refractivity contribution is 7.85. The van der Waals surface area contributed by atoms with Crippen LogP contribution >= 0.6 is 0 Å². The summed E-state index contributed by atoms with van der Waals surface area (Å²) in [7, 11) is -1.11. The molecule has 0 aliphatic heterocycles. The molecule has 4 nitrogen and oxygen atoms in total. The average Bonchev–Trinajstić information content (AvgIpc) is 2.55. The Labute approximate surface area is 139 Å². The molecule has 1 N–H and O–H groups in total. The molecule has 0 bridgehead atoms. The molecule has 2 atom stereocenters. The van der Waals surface area contributed by atoms with E-state index in [-0.39, 0.29) is 5.91 Å². The SMILES string of the molecule is Cc1cccc(O[C@H](C)C(=O)NCC[S@@](=O)c2ccccc2)c1. The van der Waals surface area contributed by atoms with Gasteiger partial charge in [-0.05, 0) is 43.7 Å². The summed E-state index contributed by atoms with van der Waals surface area (Å²) in [6.45, 7) is 4.02. The molecule has 0 radical (unpaired) electrons. The molecule has 0 heterocycles. The number of nitrogens with one attached hydrogen (secondary N) is 1. The van der Waals surface area contributed by atoms with Crippen LogP contribution in [0.5, 0.6) is 5.75 Å². The third-order valence-corrected chi connectivity index (χ3v) is 4.64. The summed E-state index contributed by atoms with van der Waals surface area (Å²) in [4.78, 5) is 12.8. The third-order valence-electron chi connectivity index (χ3n) is 3.26. The van der Waals surface area contributed by atoms with Crippen LogP contribution in [0.4, 0.5) is 0 Å². The number of carbonyl (C=O) groups excluding carboxylic acids is 1. The first-order valence-corrected chi connectivity index (χ1v) is 8.82. The minimum absolute atomic E-state index is 0.212. The lowest BCUT2D eigenvalue weighted by Crippen LogP contribution is -2.38. The molecule has 0 aliphatic carbocycles. The van der Waals surface area contributed by atoms with Gasteiger partial charge in [0.1, 0.15) is 5.75 Å². The average molecular weight is 331 g/mol. The lowest BCUT2D eigenvalue weighted by Gasteiger charge is -2.15. The summed E-state index contributed by atoms with van der Waals surface area (Å²) in [6.07, 6.45) is -0.595. The minimum Gasteiger partial charge on any atom is -0.481 e. The first-order valence-electron chi connectivity index (χ1n) is 7.51. The summed E-state index contributed by atoms with van der Waals surface area (Å²) in [5, 5.41) is 2.76. The second kappa shape index (κ2) is 8.48. The number of benzene rings is 2. The molecule has 1 amide bonds. The molecule has 2 rings (SSSR count). The summed E-state index contributed by atoms with van der Waals surface area (Å²) >= 11 is 0. The standard InChI is InChI=1S/C18H21NO3S/c1-14-7-6-8-16(13-14)22-15(2)18(20)19-11-12-23(21)17-9-4-3-5-10-17/h3-10,13,15H,11-12H2,1-2H3,(H,19,20)/t15-,23-/m1/s1. The maximum absolute atomic E-state index is 12.1. The number of hydrogen-bond acceptors (Lipinski definition) is 3. The van der Waals surface area contributed by atoms with E-state index >= 15 is 0 Å². The van der Waals surface area contributed by atoms with E-state index in [0.29, 0.717) is 18.0 Å². The van der Waals surface area contributed by atoms with Gasteiger partial charge in [-0.3, -0.25) is 9.00 Å². The fourth-order valence-electron chi connectivity index (χ4n) is 2.05. The van der Waals surface area contributed by atoms with Gasteiger partial charge in [0.25, 0.3) is 5.91 Å². The van der Waals surface area contributed by atoms with Crippen molar-refractivity contribution < 1.29 is 13.7 Å². The highest BCUT2D eigenvalue weighted by Crippen LogP contribution is 2.14. The molecule has 2 aromatic rings. The predicted molar refractivity (Wildman–Crippen MR) is 92.0 cm³/mol. The van der Waals surface area contributed by atoms with Crippen molar-refractivity contribution in [2.45, 2.75) is 24.8 Å². The van der Waals surface area contributed by atoms with Crippen LogP contribution in [-0.2, 0) is 15.6 Å². The number of hydrogen-bond donors (Lipinski definition) is 1. The second-order valence-electron chi connectivity index (χ2n) is 5.23. The quantitative estimate of drug-likeness (QED) is 0.849. The van der Waals surface area contributed by atoms with E-state index in [1.54, 1.807) is 6.92 Å². The Morgan fingerprint density at radius 1 is 1.17 bits per heavy atom. The van der Waals surface area contributed by atoms with E-state index in [1.165, 1.54) is 0 Å². The van der Waals surface area contributed by atoms with Crippen LogP contribution in [0.15, 0.2) is 59.5 Å². The van der Waals surface area contributed by atoms with Crippen LogP contribution in [-0.4, -0.2) is 28.5 Å². The van der Waals surface area contributed by atoms with Crippen LogP contribution in [0.2, 0.25) is 0 Å². The van der Waals surface area contributed by atoms with Gasteiger partial charge in [-0.15, -0.1) is 0 Å². The maximum atomic E-state index is 12.1. The summed E-state index contributed by atoms with van der Waals surface area (Å²) < 4.78 is 17.7. The van der Waals surface area contributed by atoms with Crippen LogP contribution in [0.25, 0.3) is 0 Å². The van der Waals surface area contributed by atoms with Crippen LogP contribution in [0.3, 0.4) is 0 Å². The molecular weight excluding hydrogens is 310 g/mol. The Hall–Kier alpha value is -2.14. The zero-order valence-electron chi connectivity index (χ0n) is 13.3. The molecule has 0 saturated heterocycles. The molecule has 0 aromatic heterocycles. The Morgan fingerprint density at radius 2 is 1.91 bits per heavy atom. The number of ether oxygens (including phenoxy) is 1. The van der Waals surface area contributed by atoms with E-state index in [2.05, 4.69) is 5.32 Å². The molecular formula is C18H21NO3S. The van der Waals surface area contributed by atoms with Gasteiger partial charge in [0.05, 0.1) is 10.8 Å². The minimum atomic E-state index is -1.11. The van der Waals surface area contributed by atoms with Gasteiger partial charge in [-0.2, -0.15) is 0 Å². The smallest absolute Gasteiger partial charge is 0.260 e. The fourth-order valence-corrected chi connectivity index (χ4v) is 3.03. The zero-order chi connectivity index (χ0) is 16.7. The molecule has 0 unspecified atom stereocenters. The summed E-state index contributed by atoms with van der Waals surface area (Å²) in [6, 6.07) is 16.8. The number of amides is 1. The number of aryl methyl sites for hydroxylation is 1. The molecule has 23 heavy (non-hydrogen) atoms. The van der Waals surface area contributed by atoms with Gasteiger partial charge in [0, 0.05) is 17.2 Å². The highest BCUT2D eigenvalue weighted by atomic mass is 32.2. The molecule has 122 valence electrons. The van der Waals surface area contributed by atoms with Crippen molar-refractivity contribution in [2.24, 2.45) is 0 Å². The van der Waals surface area contributed by atoms with Gasteiger partial charge in [-0.25, -0.2) is 0 Å². The van der Waals surface area contributed by atoms with Gasteiger partial charge in [0.15, 0.2) is 6.10 Å². The van der Waals surface area contributed by atoms with Crippen molar-refractivity contribution in [1.29, 1.82) is 0 Å². The molecule has 0 saturated carbocycles. The Bertz CT molecular complexity index is 673. The largest absolute Gasteiger partial charge is 0.481 e. The second-order valence-corrected chi connectivity index (χ2v) is 6.80. The molecule has 0 aliphatic rings. The molecule has 2 aromatic carbocycles. The summed E-state index contributed by atoms with van der Waals surface area (Å²) in [5.74, 6) is 0.837. The van der Waals surface area contributed by atoms with E-state index in [0.717, 1.165) is 10.5 Å². The van der Waals surface area contributed by atoms with E-state index in [4.69, 9.17) is 4.74 Å². The number of carbonyl (C=O) groups is 1. The Morgan fingerprint density at radius 3 is 2.61 bits per heavy atom. The lowest BCUT2D eigenvalue weighted by atomic mass is 10.2. The zero-order valence-corrected chi connectivity index (χ0v) is 14.1. The monoisotopic (exact) mass is 331 g/mol. The predicted octanol–water partition coefficient (Wildman–Crippen LogP) is 2.69. The normalized spacial score (nSPS) is 13.1. The molecule has 0 spiro atoms. The fraction of sp³-hybridized carbons (Fsp3) is 0.278.